The van der Waals surface area contributed by atoms with Gasteiger partial charge in [-0.3, -0.25) is 0 Å². The number of fused-ring (bicyclic) bond motifs is 1. The van der Waals surface area contributed by atoms with Gasteiger partial charge in [-0.2, -0.15) is 0 Å². The van der Waals surface area contributed by atoms with Crippen LogP contribution in [0.1, 0.15) is 10.6 Å². The van der Waals surface area contributed by atoms with Gasteiger partial charge in [0.1, 0.15) is 0 Å². The number of alkyl halides is 1. The number of aryl methyl sites for hydroxylation is 2. The van der Waals surface area contributed by atoms with Crippen molar-refractivity contribution in [1.82, 2.24) is 4.98 Å². The van der Waals surface area contributed by atoms with Gasteiger partial charge in [0.25, 0.3) is 0 Å². The van der Waals surface area contributed by atoms with E-state index < -0.39 is 0 Å². The molecule has 0 aliphatic rings. The molecule has 0 atom stereocenters. The molecule has 13 heavy (non-hydrogen) atoms. The van der Waals surface area contributed by atoms with Crippen LogP contribution in [0.5, 0.6) is 0 Å². The fourth-order valence-electron chi connectivity index (χ4n) is 1.35. The van der Waals surface area contributed by atoms with E-state index in [2.05, 4.69) is 23.2 Å². The van der Waals surface area contributed by atoms with E-state index >= 15 is 0 Å². The first-order chi connectivity index (χ1) is 6.29. The third-order valence-corrected chi connectivity index (χ3v) is 3.07. The van der Waals surface area contributed by atoms with Crippen LogP contribution < -0.4 is 0 Å². The second-order valence-corrected chi connectivity index (χ2v) is 4.59. The van der Waals surface area contributed by atoms with Gasteiger partial charge < -0.3 is 0 Å². The van der Waals surface area contributed by atoms with Crippen molar-refractivity contribution in [3.8, 4) is 0 Å². The average molecular weight is 212 g/mol. The van der Waals surface area contributed by atoms with Crippen LogP contribution in [0, 0.1) is 6.92 Å². The maximum absolute atomic E-state index is 5.68. The monoisotopic (exact) mass is 211 g/mol. The molecule has 0 N–H and O–H groups in total. The maximum Gasteiger partial charge on any atom is 0.0907 e. The Morgan fingerprint density at radius 3 is 3.08 bits per heavy atom. The highest BCUT2D eigenvalue weighted by molar-refractivity contribution is 7.18. The summed E-state index contributed by atoms with van der Waals surface area (Å²) in [7, 11) is 0. The quantitative estimate of drug-likeness (QED) is 0.694. The molecule has 1 heterocycles. The fraction of sp³-hybridized carbons (Fsp3) is 0.300. The van der Waals surface area contributed by atoms with Gasteiger partial charge in [-0.05, 0) is 31.0 Å². The van der Waals surface area contributed by atoms with Crippen molar-refractivity contribution in [2.75, 3.05) is 5.88 Å². The van der Waals surface area contributed by atoms with E-state index in [-0.39, 0.29) is 0 Å². The van der Waals surface area contributed by atoms with E-state index in [1.807, 2.05) is 6.92 Å². The lowest BCUT2D eigenvalue weighted by Crippen LogP contribution is -1.84. The number of hydrogen-bond donors (Lipinski definition) is 0. The zero-order valence-corrected chi connectivity index (χ0v) is 8.95. The van der Waals surface area contributed by atoms with E-state index in [1.54, 1.807) is 11.3 Å². The summed E-state index contributed by atoms with van der Waals surface area (Å²) >= 11 is 7.42. The summed E-state index contributed by atoms with van der Waals surface area (Å²) in [4.78, 5) is 4.40. The molecule has 0 unspecified atom stereocenters. The molecule has 0 amide bonds. The fourth-order valence-corrected chi connectivity index (χ4v) is 2.46. The number of nitrogens with zero attached hydrogens (tertiary/aromatic N) is 1. The standard InChI is InChI=1S/C10H10ClNS/c1-7-12-9-3-2-8(4-5-11)6-10(9)13-7/h2-3,6H,4-5H2,1H3. The van der Waals surface area contributed by atoms with E-state index in [9.17, 15) is 0 Å². The van der Waals surface area contributed by atoms with E-state index in [0.717, 1.165) is 16.9 Å². The van der Waals surface area contributed by atoms with Gasteiger partial charge in [0, 0.05) is 5.88 Å². The first kappa shape index (κ1) is 8.97. The average Bonchev–Trinajstić information content (AvgIpc) is 2.44. The van der Waals surface area contributed by atoms with Gasteiger partial charge in [-0.15, -0.1) is 22.9 Å². The zero-order chi connectivity index (χ0) is 9.26. The minimum atomic E-state index is 0.684. The summed E-state index contributed by atoms with van der Waals surface area (Å²) in [5.74, 6) is 0.684. The summed E-state index contributed by atoms with van der Waals surface area (Å²) < 4.78 is 1.26. The predicted octanol–water partition coefficient (Wildman–Crippen LogP) is 3.39. The largest absolute Gasteiger partial charge is 0.242 e. The van der Waals surface area contributed by atoms with Gasteiger partial charge in [0.15, 0.2) is 0 Å². The topological polar surface area (TPSA) is 12.9 Å². The van der Waals surface area contributed by atoms with Crippen LogP contribution in [-0.2, 0) is 6.42 Å². The molecule has 1 aromatic heterocycles. The Morgan fingerprint density at radius 1 is 1.46 bits per heavy atom. The lowest BCUT2D eigenvalue weighted by molar-refractivity contribution is 1.16. The molecule has 0 spiro atoms. The summed E-state index contributed by atoms with van der Waals surface area (Å²) in [6, 6.07) is 6.35. The van der Waals surface area contributed by atoms with Crippen LogP contribution in [0.25, 0.3) is 10.2 Å². The lowest BCUT2D eigenvalue weighted by atomic mass is 10.2. The third kappa shape index (κ3) is 1.84. The number of halogens is 1. The second kappa shape index (κ2) is 3.64. The Kier molecular flexibility index (Phi) is 2.51. The number of hydrogen-bond acceptors (Lipinski definition) is 2. The Labute approximate surface area is 86.4 Å². The Balaban J connectivity index is 2.48. The molecule has 0 aliphatic heterocycles. The van der Waals surface area contributed by atoms with E-state index in [1.165, 1.54) is 10.3 Å². The second-order valence-electron chi connectivity index (χ2n) is 2.97. The lowest BCUT2D eigenvalue weighted by Gasteiger charge is -1.95. The Morgan fingerprint density at radius 2 is 2.31 bits per heavy atom. The van der Waals surface area contributed by atoms with Crippen molar-refractivity contribution in [3.63, 3.8) is 0 Å². The van der Waals surface area contributed by atoms with Gasteiger partial charge >= 0.3 is 0 Å². The molecule has 0 aliphatic carbocycles. The highest BCUT2D eigenvalue weighted by Crippen LogP contribution is 2.22. The molecule has 1 nitrogen and oxygen atoms in total. The molecule has 0 bridgehead atoms. The molecule has 2 rings (SSSR count). The zero-order valence-electron chi connectivity index (χ0n) is 7.38. The minimum absolute atomic E-state index is 0.684. The van der Waals surface area contributed by atoms with Crippen LogP contribution in [0.15, 0.2) is 18.2 Å². The number of benzene rings is 1. The van der Waals surface area contributed by atoms with Gasteiger partial charge in [0.05, 0.1) is 15.2 Å². The van der Waals surface area contributed by atoms with Crippen molar-refractivity contribution in [2.45, 2.75) is 13.3 Å². The van der Waals surface area contributed by atoms with Crippen LogP contribution in [0.4, 0.5) is 0 Å². The molecule has 0 saturated carbocycles. The summed E-state index contributed by atoms with van der Waals surface area (Å²) in [6.45, 7) is 2.03. The number of aromatic nitrogens is 1. The van der Waals surface area contributed by atoms with E-state index in [0.29, 0.717) is 5.88 Å². The molecule has 3 heteroatoms. The van der Waals surface area contributed by atoms with Crippen molar-refractivity contribution in [1.29, 1.82) is 0 Å². The third-order valence-electron chi connectivity index (χ3n) is 1.94. The van der Waals surface area contributed by atoms with Crippen molar-refractivity contribution in [2.24, 2.45) is 0 Å². The minimum Gasteiger partial charge on any atom is -0.242 e. The Hall–Kier alpha value is -0.600. The highest BCUT2D eigenvalue weighted by Gasteiger charge is 2.00. The molecular formula is C10H10ClNS. The number of thiazole rings is 1. The highest BCUT2D eigenvalue weighted by atomic mass is 35.5. The number of rotatable bonds is 2. The van der Waals surface area contributed by atoms with Gasteiger partial charge in [0.2, 0.25) is 0 Å². The van der Waals surface area contributed by atoms with Crippen molar-refractivity contribution in [3.05, 3.63) is 28.8 Å². The first-order valence-corrected chi connectivity index (χ1v) is 5.57. The molecular weight excluding hydrogens is 202 g/mol. The summed E-state index contributed by atoms with van der Waals surface area (Å²) in [5.41, 5.74) is 2.40. The summed E-state index contributed by atoms with van der Waals surface area (Å²) in [6.07, 6.45) is 0.939. The smallest absolute Gasteiger partial charge is 0.0907 e. The summed E-state index contributed by atoms with van der Waals surface area (Å²) in [5, 5.41) is 1.12. The molecule has 2 aromatic rings. The van der Waals surface area contributed by atoms with Crippen molar-refractivity contribution < 1.29 is 0 Å². The van der Waals surface area contributed by atoms with Crippen LogP contribution in [0.3, 0.4) is 0 Å². The molecule has 68 valence electrons. The Bertz CT molecular complexity index is 422. The molecule has 1 aromatic carbocycles. The first-order valence-electron chi connectivity index (χ1n) is 4.21. The molecule has 0 saturated heterocycles. The van der Waals surface area contributed by atoms with E-state index in [4.69, 9.17) is 11.6 Å². The van der Waals surface area contributed by atoms with Crippen molar-refractivity contribution >= 4 is 33.2 Å². The normalized spacial score (nSPS) is 10.9. The van der Waals surface area contributed by atoms with Crippen LogP contribution in [-0.4, -0.2) is 10.9 Å². The SMILES string of the molecule is Cc1nc2ccc(CCCl)cc2s1. The molecule has 0 radical (unpaired) electrons. The molecule has 0 fully saturated rings. The van der Waals surface area contributed by atoms with Gasteiger partial charge in [-0.1, -0.05) is 6.07 Å². The van der Waals surface area contributed by atoms with Gasteiger partial charge in [-0.25, -0.2) is 4.98 Å². The predicted molar refractivity (Wildman–Crippen MR) is 58.8 cm³/mol. The van der Waals surface area contributed by atoms with Crippen LogP contribution in [0.2, 0.25) is 0 Å². The van der Waals surface area contributed by atoms with Crippen LogP contribution >= 0.6 is 22.9 Å². The maximum atomic E-state index is 5.68.